The lowest BCUT2D eigenvalue weighted by Gasteiger charge is -2.14. The second kappa shape index (κ2) is 6.04. The monoisotopic (exact) mass is 295 g/mol. The van der Waals surface area contributed by atoms with E-state index in [2.05, 4.69) is 15.6 Å². The zero-order valence-corrected chi connectivity index (χ0v) is 12.2. The number of nitrogens with one attached hydrogen (secondary N) is 2. The number of hydrogen-bond donors (Lipinski definition) is 2. The summed E-state index contributed by atoms with van der Waals surface area (Å²) in [6, 6.07) is 5.45. The first-order valence-electron chi connectivity index (χ1n) is 5.78. The zero-order valence-electron chi connectivity index (χ0n) is 10.6. The summed E-state index contributed by atoms with van der Waals surface area (Å²) in [4.78, 5) is 16.9. The van der Waals surface area contributed by atoms with Gasteiger partial charge in [0.1, 0.15) is 0 Å². The van der Waals surface area contributed by atoms with Crippen LogP contribution in [0.3, 0.4) is 0 Å². The van der Waals surface area contributed by atoms with Crippen molar-refractivity contribution in [1.82, 2.24) is 10.3 Å². The van der Waals surface area contributed by atoms with E-state index in [4.69, 9.17) is 11.6 Å². The van der Waals surface area contributed by atoms with Crippen LogP contribution in [0.2, 0.25) is 5.02 Å². The second-order valence-electron chi connectivity index (χ2n) is 4.04. The highest BCUT2D eigenvalue weighted by Crippen LogP contribution is 2.25. The first-order chi connectivity index (χ1) is 9.11. The topological polar surface area (TPSA) is 54.0 Å². The Balaban J connectivity index is 2.19. The number of nitrogens with zero attached hydrogens (tertiary/aromatic N) is 1. The minimum Gasteiger partial charge on any atom is -0.378 e. The zero-order chi connectivity index (χ0) is 13.8. The average molecular weight is 296 g/mol. The van der Waals surface area contributed by atoms with E-state index in [0.29, 0.717) is 10.6 Å². The molecule has 0 radical (unpaired) electrons. The third-order valence-electron chi connectivity index (χ3n) is 2.70. The van der Waals surface area contributed by atoms with E-state index in [-0.39, 0.29) is 11.9 Å². The highest BCUT2D eigenvalue weighted by molar-refractivity contribution is 7.09. The van der Waals surface area contributed by atoms with Crippen molar-refractivity contribution >= 4 is 34.5 Å². The van der Waals surface area contributed by atoms with Crippen molar-refractivity contribution < 1.29 is 4.79 Å². The molecule has 0 aliphatic rings. The lowest BCUT2D eigenvalue weighted by Crippen LogP contribution is -2.18. The van der Waals surface area contributed by atoms with Gasteiger partial charge in [0, 0.05) is 23.8 Å². The van der Waals surface area contributed by atoms with Gasteiger partial charge >= 0.3 is 0 Å². The van der Waals surface area contributed by atoms with Gasteiger partial charge in [-0.3, -0.25) is 9.78 Å². The van der Waals surface area contributed by atoms with E-state index in [1.54, 1.807) is 36.0 Å². The number of carbonyl (C=O) groups is 1. The Morgan fingerprint density at radius 2 is 2.26 bits per heavy atom. The molecule has 1 unspecified atom stereocenters. The van der Waals surface area contributed by atoms with Gasteiger partial charge in [-0.2, -0.15) is 0 Å². The van der Waals surface area contributed by atoms with Crippen molar-refractivity contribution in [2.24, 2.45) is 0 Å². The first kappa shape index (κ1) is 13.8. The molecule has 100 valence electrons. The Bertz CT molecular complexity index is 571. The summed E-state index contributed by atoms with van der Waals surface area (Å²) in [5, 5.41) is 6.33. The van der Waals surface area contributed by atoms with Crippen LogP contribution in [0.1, 0.15) is 28.2 Å². The van der Waals surface area contributed by atoms with Crippen molar-refractivity contribution in [2.45, 2.75) is 13.0 Å². The third kappa shape index (κ3) is 3.24. The highest BCUT2D eigenvalue weighted by atomic mass is 35.5. The Kier molecular flexibility index (Phi) is 4.39. The summed E-state index contributed by atoms with van der Waals surface area (Å²) >= 11 is 7.60. The van der Waals surface area contributed by atoms with Crippen LogP contribution in [0, 0.1) is 0 Å². The SMILES string of the molecule is CNC(=O)c1cc(NC(C)c2cncs2)ccc1Cl. The molecule has 0 aliphatic carbocycles. The predicted octanol–water partition coefficient (Wildman–Crippen LogP) is 3.33. The fourth-order valence-electron chi connectivity index (χ4n) is 1.68. The van der Waals surface area contributed by atoms with E-state index in [1.807, 2.05) is 19.2 Å². The summed E-state index contributed by atoms with van der Waals surface area (Å²) < 4.78 is 0. The van der Waals surface area contributed by atoms with E-state index in [0.717, 1.165) is 10.6 Å². The van der Waals surface area contributed by atoms with Crippen LogP contribution in [0.25, 0.3) is 0 Å². The number of anilines is 1. The molecule has 1 atom stereocenters. The fraction of sp³-hybridized carbons (Fsp3) is 0.231. The molecule has 0 fully saturated rings. The number of carbonyl (C=O) groups excluding carboxylic acids is 1. The number of halogens is 1. The van der Waals surface area contributed by atoms with Crippen molar-refractivity contribution in [3.05, 3.63) is 45.4 Å². The lowest BCUT2D eigenvalue weighted by atomic mass is 10.1. The maximum absolute atomic E-state index is 11.7. The van der Waals surface area contributed by atoms with Gasteiger partial charge in [0.15, 0.2) is 0 Å². The van der Waals surface area contributed by atoms with Gasteiger partial charge in [-0.15, -0.1) is 11.3 Å². The number of aromatic nitrogens is 1. The molecule has 2 N–H and O–H groups in total. The molecule has 0 saturated carbocycles. The molecular formula is C13H14ClN3OS. The van der Waals surface area contributed by atoms with Crippen LogP contribution in [0.15, 0.2) is 29.9 Å². The average Bonchev–Trinajstić information content (AvgIpc) is 2.94. The minimum absolute atomic E-state index is 0.131. The minimum atomic E-state index is -0.195. The highest BCUT2D eigenvalue weighted by Gasteiger charge is 2.12. The van der Waals surface area contributed by atoms with Gasteiger partial charge in [-0.05, 0) is 25.1 Å². The van der Waals surface area contributed by atoms with Crippen LogP contribution in [0.5, 0.6) is 0 Å². The molecule has 1 heterocycles. The normalized spacial score (nSPS) is 11.9. The van der Waals surface area contributed by atoms with Gasteiger partial charge in [0.25, 0.3) is 5.91 Å². The lowest BCUT2D eigenvalue weighted by molar-refractivity contribution is 0.0963. The molecule has 2 rings (SSSR count). The number of amides is 1. The number of thiazole rings is 1. The van der Waals surface area contributed by atoms with Gasteiger partial charge < -0.3 is 10.6 Å². The number of benzene rings is 1. The maximum Gasteiger partial charge on any atom is 0.252 e. The maximum atomic E-state index is 11.7. The molecule has 0 spiro atoms. The van der Waals surface area contributed by atoms with Crippen LogP contribution in [0.4, 0.5) is 5.69 Å². The summed E-state index contributed by atoms with van der Waals surface area (Å²) in [5.74, 6) is -0.195. The quantitative estimate of drug-likeness (QED) is 0.910. The molecule has 4 nitrogen and oxygen atoms in total. The van der Waals surface area contributed by atoms with E-state index in [1.165, 1.54) is 0 Å². The smallest absolute Gasteiger partial charge is 0.252 e. The molecule has 0 aliphatic heterocycles. The van der Waals surface area contributed by atoms with Crippen molar-refractivity contribution in [3.8, 4) is 0 Å². The molecule has 1 aromatic heterocycles. The summed E-state index contributed by atoms with van der Waals surface area (Å²) in [6.45, 7) is 2.04. The molecule has 0 saturated heterocycles. The Morgan fingerprint density at radius 3 is 2.89 bits per heavy atom. The van der Waals surface area contributed by atoms with Crippen molar-refractivity contribution in [1.29, 1.82) is 0 Å². The standard InChI is InChI=1S/C13H14ClN3OS/c1-8(12-6-16-7-19-12)17-9-3-4-11(14)10(5-9)13(18)15-2/h3-8,17H,1-2H3,(H,15,18). The third-order valence-corrected chi connectivity index (χ3v) is 3.99. The van der Waals surface area contributed by atoms with Crippen LogP contribution < -0.4 is 10.6 Å². The number of hydrogen-bond acceptors (Lipinski definition) is 4. The molecule has 6 heteroatoms. The van der Waals surface area contributed by atoms with Crippen LogP contribution >= 0.6 is 22.9 Å². The fourth-order valence-corrected chi connectivity index (χ4v) is 2.52. The summed E-state index contributed by atoms with van der Waals surface area (Å²) in [6.07, 6.45) is 1.83. The molecule has 19 heavy (non-hydrogen) atoms. The molecule has 2 aromatic rings. The van der Waals surface area contributed by atoms with E-state index >= 15 is 0 Å². The Labute approximate surface area is 120 Å². The van der Waals surface area contributed by atoms with Gasteiger partial charge in [0.2, 0.25) is 0 Å². The molecular weight excluding hydrogens is 282 g/mol. The van der Waals surface area contributed by atoms with E-state index in [9.17, 15) is 4.79 Å². The summed E-state index contributed by atoms with van der Waals surface area (Å²) in [5.41, 5.74) is 3.11. The molecule has 1 aromatic carbocycles. The first-order valence-corrected chi connectivity index (χ1v) is 7.04. The Morgan fingerprint density at radius 1 is 1.47 bits per heavy atom. The van der Waals surface area contributed by atoms with Crippen molar-refractivity contribution in [2.75, 3.05) is 12.4 Å². The predicted molar refractivity (Wildman–Crippen MR) is 79.0 cm³/mol. The van der Waals surface area contributed by atoms with Gasteiger partial charge in [-0.1, -0.05) is 11.6 Å². The second-order valence-corrected chi connectivity index (χ2v) is 5.37. The molecule has 1 amide bonds. The van der Waals surface area contributed by atoms with E-state index < -0.39 is 0 Å². The largest absolute Gasteiger partial charge is 0.378 e. The van der Waals surface area contributed by atoms with Gasteiger partial charge in [-0.25, -0.2) is 0 Å². The number of rotatable bonds is 4. The summed E-state index contributed by atoms with van der Waals surface area (Å²) in [7, 11) is 1.58. The van der Waals surface area contributed by atoms with Crippen LogP contribution in [-0.2, 0) is 0 Å². The van der Waals surface area contributed by atoms with Crippen molar-refractivity contribution in [3.63, 3.8) is 0 Å². The Hall–Kier alpha value is -1.59. The van der Waals surface area contributed by atoms with Crippen LogP contribution in [-0.4, -0.2) is 17.9 Å². The molecule has 0 bridgehead atoms. The van der Waals surface area contributed by atoms with Gasteiger partial charge in [0.05, 0.1) is 22.1 Å².